The first kappa shape index (κ1) is 19.6. The third-order valence-electron chi connectivity index (χ3n) is 4.49. The van der Waals surface area contributed by atoms with Gasteiger partial charge in [-0.15, -0.1) is 0 Å². The Labute approximate surface area is 165 Å². The van der Waals surface area contributed by atoms with E-state index in [0.29, 0.717) is 24.5 Å². The number of nitrogens with zero attached hydrogens (tertiary/aromatic N) is 2. The molecule has 0 atom stereocenters. The fourth-order valence-electron chi connectivity index (χ4n) is 2.95. The minimum Gasteiger partial charge on any atom is -0.497 e. The molecule has 0 saturated heterocycles. The molecule has 0 radical (unpaired) electrons. The lowest BCUT2D eigenvalue weighted by molar-refractivity contribution is 0.0929. The number of carbonyl (C=O) groups is 1. The summed E-state index contributed by atoms with van der Waals surface area (Å²) in [5.41, 5.74) is 5.08. The van der Waals surface area contributed by atoms with Gasteiger partial charge in [-0.1, -0.05) is 24.3 Å². The van der Waals surface area contributed by atoms with Crippen molar-refractivity contribution in [2.75, 3.05) is 27.4 Å². The third kappa shape index (κ3) is 4.23. The van der Waals surface area contributed by atoms with Gasteiger partial charge in [0.15, 0.2) is 0 Å². The van der Waals surface area contributed by atoms with E-state index in [9.17, 15) is 4.79 Å². The number of amides is 1. The number of ether oxygens (including phenoxy) is 2. The van der Waals surface area contributed by atoms with Gasteiger partial charge >= 0.3 is 0 Å². The molecule has 1 amide bonds. The standard InChI is InChI=1S/C22H25N3O3/c1-15-8-9-16(2)20(12-15)25-21(22(26)23-10-11-27-3)14-19(24-25)17-6-5-7-18(13-17)28-4/h5-9,12-14H,10-11H2,1-4H3,(H,23,26). The quantitative estimate of drug-likeness (QED) is 0.638. The molecule has 6 heteroatoms. The minimum absolute atomic E-state index is 0.195. The van der Waals surface area contributed by atoms with Gasteiger partial charge in [0.1, 0.15) is 11.4 Å². The predicted octanol–water partition coefficient (Wildman–Crippen LogP) is 3.54. The predicted molar refractivity (Wildman–Crippen MR) is 109 cm³/mol. The highest BCUT2D eigenvalue weighted by atomic mass is 16.5. The first-order valence-electron chi connectivity index (χ1n) is 9.12. The maximum absolute atomic E-state index is 12.8. The van der Waals surface area contributed by atoms with Crippen LogP contribution in [0.25, 0.3) is 16.9 Å². The molecule has 1 heterocycles. The molecular weight excluding hydrogens is 354 g/mol. The van der Waals surface area contributed by atoms with Crippen LogP contribution >= 0.6 is 0 Å². The molecule has 0 spiro atoms. The molecule has 0 aliphatic rings. The summed E-state index contributed by atoms with van der Waals surface area (Å²) in [6.45, 7) is 4.91. The molecule has 6 nitrogen and oxygen atoms in total. The van der Waals surface area contributed by atoms with Crippen LogP contribution in [-0.2, 0) is 4.74 Å². The van der Waals surface area contributed by atoms with Gasteiger partial charge in [-0.3, -0.25) is 4.79 Å². The average Bonchev–Trinajstić information content (AvgIpc) is 3.15. The molecule has 0 aliphatic carbocycles. The Morgan fingerprint density at radius 3 is 2.68 bits per heavy atom. The molecule has 0 bridgehead atoms. The van der Waals surface area contributed by atoms with E-state index >= 15 is 0 Å². The van der Waals surface area contributed by atoms with E-state index in [4.69, 9.17) is 14.6 Å². The highest BCUT2D eigenvalue weighted by molar-refractivity contribution is 5.94. The summed E-state index contributed by atoms with van der Waals surface area (Å²) in [5, 5.41) is 7.63. The topological polar surface area (TPSA) is 65.4 Å². The largest absolute Gasteiger partial charge is 0.497 e. The van der Waals surface area contributed by atoms with Crippen molar-refractivity contribution in [3.05, 3.63) is 65.4 Å². The molecule has 28 heavy (non-hydrogen) atoms. The van der Waals surface area contributed by atoms with Crippen molar-refractivity contribution in [1.29, 1.82) is 0 Å². The number of nitrogens with one attached hydrogen (secondary N) is 1. The van der Waals surface area contributed by atoms with Crippen molar-refractivity contribution in [3.8, 4) is 22.7 Å². The monoisotopic (exact) mass is 379 g/mol. The van der Waals surface area contributed by atoms with Gasteiger partial charge < -0.3 is 14.8 Å². The van der Waals surface area contributed by atoms with Gasteiger partial charge in [-0.05, 0) is 49.2 Å². The second-order valence-electron chi connectivity index (χ2n) is 6.60. The maximum Gasteiger partial charge on any atom is 0.270 e. The van der Waals surface area contributed by atoms with Crippen LogP contribution in [-0.4, -0.2) is 43.1 Å². The molecule has 2 aromatic carbocycles. The normalized spacial score (nSPS) is 10.7. The van der Waals surface area contributed by atoms with Crippen LogP contribution in [0.3, 0.4) is 0 Å². The van der Waals surface area contributed by atoms with Crippen molar-refractivity contribution in [1.82, 2.24) is 15.1 Å². The van der Waals surface area contributed by atoms with E-state index in [2.05, 4.69) is 5.32 Å². The Morgan fingerprint density at radius 1 is 1.11 bits per heavy atom. The number of aryl methyl sites for hydroxylation is 2. The molecule has 0 unspecified atom stereocenters. The molecule has 0 aliphatic heterocycles. The van der Waals surface area contributed by atoms with Crippen LogP contribution < -0.4 is 10.1 Å². The molecule has 3 rings (SSSR count). The van der Waals surface area contributed by atoms with Crippen molar-refractivity contribution in [3.63, 3.8) is 0 Å². The van der Waals surface area contributed by atoms with Crippen LogP contribution in [0.15, 0.2) is 48.5 Å². The Kier molecular flexibility index (Phi) is 6.11. The third-order valence-corrected chi connectivity index (χ3v) is 4.49. The van der Waals surface area contributed by atoms with Gasteiger partial charge in [0.25, 0.3) is 5.91 Å². The van der Waals surface area contributed by atoms with Crippen LogP contribution in [0.2, 0.25) is 0 Å². The highest BCUT2D eigenvalue weighted by Gasteiger charge is 2.19. The zero-order chi connectivity index (χ0) is 20.1. The first-order chi connectivity index (χ1) is 13.5. The van der Waals surface area contributed by atoms with Crippen molar-refractivity contribution >= 4 is 5.91 Å². The SMILES string of the molecule is COCCNC(=O)c1cc(-c2cccc(OC)c2)nn1-c1cc(C)ccc1C. The number of hydrogen-bond donors (Lipinski definition) is 1. The second-order valence-corrected chi connectivity index (χ2v) is 6.60. The van der Waals surface area contributed by atoms with Crippen LogP contribution in [0, 0.1) is 13.8 Å². The number of carbonyl (C=O) groups excluding carboxylic acids is 1. The lowest BCUT2D eigenvalue weighted by atomic mass is 10.1. The molecule has 0 saturated carbocycles. The average molecular weight is 379 g/mol. The van der Waals surface area contributed by atoms with Crippen molar-refractivity contribution in [2.24, 2.45) is 0 Å². The van der Waals surface area contributed by atoms with Gasteiger partial charge in [-0.2, -0.15) is 5.10 Å². The zero-order valence-corrected chi connectivity index (χ0v) is 16.7. The Morgan fingerprint density at radius 2 is 1.93 bits per heavy atom. The van der Waals surface area contributed by atoms with E-state index in [1.54, 1.807) is 25.0 Å². The summed E-state index contributed by atoms with van der Waals surface area (Å²) in [7, 11) is 3.23. The van der Waals surface area contributed by atoms with E-state index in [1.807, 2.05) is 56.3 Å². The summed E-state index contributed by atoms with van der Waals surface area (Å²) < 4.78 is 12.1. The zero-order valence-electron chi connectivity index (χ0n) is 16.7. The first-order valence-corrected chi connectivity index (χ1v) is 9.12. The smallest absolute Gasteiger partial charge is 0.270 e. The molecule has 3 aromatic rings. The van der Waals surface area contributed by atoms with E-state index in [-0.39, 0.29) is 5.91 Å². The number of benzene rings is 2. The summed E-state index contributed by atoms with van der Waals surface area (Å²) in [6, 6.07) is 15.6. The van der Waals surface area contributed by atoms with Gasteiger partial charge in [-0.25, -0.2) is 4.68 Å². The Bertz CT molecular complexity index is 979. The Hall–Kier alpha value is -3.12. The fourth-order valence-corrected chi connectivity index (χ4v) is 2.95. The van der Waals surface area contributed by atoms with Crippen LogP contribution in [0.5, 0.6) is 5.75 Å². The Balaban J connectivity index is 2.09. The van der Waals surface area contributed by atoms with Crippen molar-refractivity contribution < 1.29 is 14.3 Å². The summed E-state index contributed by atoms with van der Waals surface area (Å²) in [4.78, 5) is 12.8. The minimum atomic E-state index is -0.195. The lowest BCUT2D eigenvalue weighted by Gasteiger charge is -2.11. The second kappa shape index (κ2) is 8.71. The summed E-state index contributed by atoms with van der Waals surface area (Å²) in [5.74, 6) is 0.546. The van der Waals surface area contributed by atoms with Gasteiger partial charge in [0.2, 0.25) is 0 Å². The van der Waals surface area contributed by atoms with E-state index in [0.717, 1.165) is 28.1 Å². The molecule has 1 N–H and O–H groups in total. The lowest BCUT2D eigenvalue weighted by Crippen LogP contribution is -2.29. The van der Waals surface area contributed by atoms with Gasteiger partial charge in [0.05, 0.1) is 25.1 Å². The van der Waals surface area contributed by atoms with Crippen LogP contribution in [0.4, 0.5) is 0 Å². The molecule has 0 fully saturated rings. The van der Waals surface area contributed by atoms with E-state index in [1.165, 1.54) is 0 Å². The van der Waals surface area contributed by atoms with Crippen LogP contribution in [0.1, 0.15) is 21.6 Å². The summed E-state index contributed by atoms with van der Waals surface area (Å²) >= 11 is 0. The number of hydrogen-bond acceptors (Lipinski definition) is 4. The molecule has 1 aromatic heterocycles. The highest BCUT2D eigenvalue weighted by Crippen LogP contribution is 2.26. The number of rotatable bonds is 7. The van der Waals surface area contributed by atoms with Gasteiger partial charge in [0, 0.05) is 19.2 Å². The van der Waals surface area contributed by atoms with E-state index < -0.39 is 0 Å². The number of methoxy groups -OCH3 is 2. The number of aromatic nitrogens is 2. The maximum atomic E-state index is 12.8. The van der Waals surface area contributed by atoms with Crippen molar-refractivity contribution in [2.45, 2.75) is 13.8 Å². The summed E-state index contributed by atoms with van der Waals surface area (Å²) in [6.07, 6.45) is 0. The molecule has 146 valence electrons. The molecular formula is C22H25N3O3. The fraction of sp³-hybridized carbons (Fsp3) is 0.273.